The van der Waals surface area contributed by atoms with Crippen molar-refractivity contribution < 1.29 is 9.18 Å². The summed E-state index contributed by atoms with van der Waals surface area (Å²) in [6.45, 7) is 4.78. The van der Waals surface area contributed by atoms with Crippen molar-refractivity contribution in [1.29, 1.82) is 0 Å². The van der Waals surface area contributed by atoms with Crippen molar-refractivity contribution in [2.24, 2.45) is 5.92 Å². The highest BCUT2D eigenvalue weighted by atomic mass is 19.1. The zero-order valence-corrected chi connectivity index (χ0v) is 12.2. The molecular formula is C17H22FNO. The first-order chi connectivity index (χ1) is 9.56. The summed E-state index contributed by atoms with van der Waals surface area (Å²) in [5.41, 5.74) is 1.18. The van der Waals surface area contributed by atoms with Gasteiger partial charge in [0.25, 0.3) is 5.91 Å². The molecule has 0 N–H and O–H groups in total. The maximum absolute atomic E-state index is 14.0. The lowest BCUT2D eigenvalue weighted by molar-refractivity contribution is 0.0333. The number of hydrogen-bond acceptors (Lipinski definition) is 1. The van der Waals surface area contributed by atoms with E-state index in [2.05, 4.69) is 0 Å². The third-order valence-electron chi connectivity index (χ3n) is 4.84. The van der Waals surface area contributed by atoms with Gasteiger partial charge in [-0.1, -0.05) is 19.9 Å². The Labute approximate surface area is 120 Å². The highest BCUT2D eigenvalue weighted by Crippen LogP contribution is 2.35. The van der Waals surface area contributed by atoms with Crippen LogP contribution in [-0.2, 0) is 0 Å². The molecule has 2 saturated heterocycles. The summed E-state index contributed by atoms with van der Waals surface area (Å²) < 4.78 is 14.0. The molecule has 2 aliphatic heterocycles. The van der Waals surface area contributed by atoms with Gasteiger partial charge >= 0.3 is 0 Å². The predicted octanol–water partition coefficient (Wildman–Crippen LogP) is 3.96. The lowest BCUT2D eigenvalue weighted by Crippen LogP contribution is -2.50. The van der Waals surface area contributed by atoms with Crippen molar-refractivity contribution in [1.82, 2.24) is 4.90 Å². The molecule has 3 heteroatoms. The van der Waals surface area contributed by atoms with Crippen molar-refractivity contribution >= 4 is 5.91 Å². The van der Waals surface area contributed by atoms with Crippen LogP contribution in [0.15, 0.2) is 18.2 Å². The van der Waals surface area contributed by atoms with Gasteiger partial charge in [-0.15, -0.1) is 0 Å². The molecule has 2 heterocycles. The molecule has 2 bridgehead atoms. The summed E-state index contributed by atoms with van der Waals surface area (Å²) in [5.74, 6) is 0.551. The molecule has 1 saturated carbocycles. The first-order valence-corrected chi connectivity index (χ1v) is 7.66. The summed E-state index contributed by atoms with van der Waals surface area (Å²) in [5, 5.41) is 0. The Kier molecular flexibility index (Phi) is 3.53. The second kappa shape index (κ2) is 5.19. The lowest BCUT2D eigenvalue weighted by atomic mass is 9.79. The molecule has 0 unspecified atom stereocenters. The van der Waals surface area contributed by atoms with E-state index in [-0.39, 0.29) is 17.6 Å². The number of nitrogens with zero attached hydrogens (tertiary/aromatic N) is 1. The molecule has 1 aromatic rings. The smallest absolute Gasteiger partial charge is 0.254 e. The molecule has 0 spiro atoms. The maximum atomic E-state index is 14.0. The van der Waals surface area contributed by atoms with Gasteiger partial charge in [-0.25, -0.2) is 4.39 Å². The summed E-state index contributed by atoms with van der Waals surface area (Å²) in [4.78, 5) is 14.6. The number of carbonyl (C=O) groups excluding carboxylic acids is 1. The molecule has 0 atom stereocenters. The number of piperidine rings is 2. The molecule has 4 rings (SSSR count). The molecule has 3 aliphatic rings. The van der Waals surface area contributed by atoms with Gasteiger partial charge in [0.05, 0.1) is 0 Å². The van der Waals surface area contributed by atoms with Gasteiger partial charge in [-0.2, -0.15) is 0 Å². The highest BCUT2D eigenvalue weighted by Gasteiger charge is 2.36. The summed E-state index contributed by atoms with van der Waals surface area (Å²) >= 11 is 0. The molecule has 108 valence electrons. The normalized spacial score (nSPS) is 25.3. The molecule has 0 aromatic heterocycles. The van der Waals surface area contributed by atoms with Crippen LogP contribution in [0.5, 0.6) is 0 Å². The zero-order valence-electron chi connectivity index (χ0n) is 12.2. The Balaban J connectivity index is 1.82. The Hall–Kier alpha value is -1.38. The van der Waals surface area contributed by atoms with Crippen molar-refractivity contribution in [2.75, 3.05) is 6.54 Å². The van der Waals surface area contributed by atoms with Gasteiger partial charge < -0.3 is 4.90 Å². The fraction of sp³-hybridized carbons (Fsp3) is 0.588. The number of carbonyl (C=O) groups is 1. The standard InChI is InChI=1S/C17H22FNO/c1-11(2)15-8-5-13(9-16(15)18)17(20)19-10-12-3-6-14(19)7-4-12/h5,8-9,11-12,14H,3-4,6-7,10H2,1-2H3. The Bertz CT molecular complexity index is 518. The minimum Gasteiger partial charge on any atom is -0.335 e. The van der Waals surface area contributed by atoms with Crippen LogP contribution < -0.4 is 0 Å². The van der Waals surface area contributed by atoms with E-state index in [0.717, 1.165) is 19.4 Å². The molecule has 2 nitrogen and oxygen atoms in total. The maximum Gasteiger partial charge on any atom is 0.254 e. The van der Waals surface area contributed by atoms with Gasteiger partial charge in [-0.05, 0) is 55.2 Å². The van der Waals surface area contributed by atoms with Crippen molar-refractivity contribution in [2.45, 2.75) is 51.5 Å². The topological polar surface area (TPSA) is 20.3 Å². The Morgan fingerprint density at radius 3 is 2.45 bits per heavy atom. The molecule has 1 amide bonds. The summed E-state index contributed by atoms with van der Waals surface area (Å²) in [6, 6.07) is 5.33. The van der Waals surface area contributed by atoms with Gasteiger partial charge in [0.2, 0.25) is 0 Å². The van der Waals surface area contributed by atoms with Crippen LogP contribution in [0.25, 0.3) is 0 Å². The zero-order chi connectivity index (χ0) is 14.3. The number of rotatable bonds is 2. The lowest BCUT2D eigenvalue weighted by Gasteiger charge is -2.45. The number of amides is 1. The van der Waals surface area contributed by atoms with E-state index in [9.17, 15) is 9.18 Å². The van der Waals surface area contributed by atoms with Crippen LogP contribution in [0.2, 0.25) is 0 Å². The van der Waals surface area contributed by atoms with Crippen molar-refractivity contribution in [3.05, 3.63) is 35.1 Å². The third kappa shape index (κ3) is 2.34. The van der Waals surface area contributed by atoms with Crippen LogP contribution in [0.3, 0.4) is 0 Å². The largest absolute Gasteiger partial charge is 0.335 e. The fourth-order valence-electron chi connectivity index (χ4n) is 3.61. The minimum absolute atomic E-state index is 0.00797. The van der Waals surface area contributed by atoms with Crippen LogP contribution >= 0.6 is 0 Å². The molecular weight excluding hydrogens is 253 g/mol. The van der Waals surface area contributed by atoms with Crippen LogP contribution in [0, 0.1) is 11.7 Å². The Morgan fingerprint density at radius 1 is 1.25 bits per heavy atom. The number of benzene rings is 1. The SMILES string of the molecule is CC(C)c1ccc(C(=O)N2CC3CCC2CC3)cc1F. The molecule has 1 aliphatic carbocycles. The van der Waals surface area contributed by atoms with Gasteiger partial charge in [0.15, 0.2) is 0 Å². The fourth-order valence-corrected chi connectivity index (χ4v) is 3.61. The molecule has 20 heavy (non-hydrogen) atoms. The van der Waals surface area contributed by atoms with Gasteiger partial charge in [-0.3, -0.25) is 4.79 Å². The third-order valence-corrected chi connectivity index (χ3v) is 4.84. The van der Waals surface area contributed by atoms with E-state index in [1.54, 1.807) is 12.1 Å². The van der Waals surface area contributed by atoms with Crippen LogP contribution in [0.1, 0.15) is 61.4 Å². The molecule has 0 radical (unpaired) electrons. The van der Waals surface area contributed by atoms with Gasteiger partial charge in [0.1, 0.15) is 5.82 Å². The number of hydrogen-bond donors (Lipinski definition) is 0. The Morgan fingerprint density at radius 2 is 1.95 bits per heavy atom. The first-order valence-electron chi connectivity index (χ1n) is 7.66. The van der Waals surface area contributed by atoms with E-state index in [4.69, 9.17) is 0 Å². The second-order valence-electron chi connectivity index (χ2n) is 6.52. The van der Waals surface area contributed by atoms with E-state index < -0.39 is 0 Å². The average Bonchev–Trinajstić information content (AvgIpc) is 2.47. The van der Waals surface area contributed by atoms with Crippen molar-refractivity contribution in [3.63, 3.8) is 0 Å². The second-order valence-corrected chi connectivity index (χ2v) is 6.52. The summed E-state index contributed by atoms with van der Waals surface area (Å²) in [6.07, 6.45) is 4.72. The summed E-state index contributed by atoms with van der Waals surface area (Å²) in [7, 11) is 0. The average molecular weight is 275 g/mol. The van der Waals surface area contributed by atoms with Gasteiger partial charge in [0, 0.05) is 18.2 Å². The van der Waals surface area contributed by atoms with Crippen LogP contribution in [-0.4, -0.2) is 23.4 Å². The van der Waals surface area contributed by atoms with Crippen molar-refractivity contribution in [3.8, 4) is 0 Å². The van der Waals surface area contributed by atoms with E-state index >= 15 is 0 Å². The molecule has 3 fully saturated rings. The van der Waals surface area contributed by atoms with E-state index in [1.807, 2.05) is 18.7 Å². The first kappa shape index (κ1) is 13.6. The number of fused-ring (bicyclic) bond motifs is 3. The predicted molar refractivity (Wildman–Crippen MR) is 77.3 cm³/mol. The minimum atomic E-state index is -0.256. The number of halogens is 1. The highest BCUT2D eigenvalue weighted by molar-refractivity contribution is 5.94. The quantitative estimate of drug-likeness (QED) is 0.800. The van der Waals surface area contributed by atoms with E-state index in [0.29, 0.717) is 23.1 Å². The van der Waals surface area contributed by atoms with Crippen LogP contribution in [0.4, 0.5) is 4.39 Å². The van der Waals surface area contributed by atoms with E-state index in [1.165, 1.54) is 18.9 Å². The monoisotopic (exact) mass is 275 g/mol. The molecule has 1 aromatic carbocycles.